The minimum Gasteiger partial charge on any atom is -0.365 e. The summed E-state index contributed by atoms with van der Waals surface area (Å²) < 4.78 is 4.71. The fourth-order valence-electron chi connectivity index (χ4n) is 0.498. The second-order valence-electron chi connectivity index (χ2n) is 1.84. The van der Waals surface area contributed by atoms with Gasteiger partial charge in [-0.05, 0) is 6.42 Å². The van der Waals surface area contributed by atoms with Gasteiger partial charge in [0.25, 0.3) is 0 Å². The number of hydrogen-bond donors (Lipinski definition) is 2. The van der Waals surface area contributed by atoms with Crippen LogP contribution in [0.15, 0.2) is 0 Å². The van der Waals surface area contributed by atoms with Gasteiger partial charge in [0.1, 0.15) is 6.73 Å². The number of methoxy groups -OCH3 is 1. The van der Waals surface area contributed by atoms with Gasteiger partial charge in [0, 0.05) is 13.5 Å². The highest BCUT2D eigenvalue weighted by Crippen LogP contribution is 1.84. The van der Waals surface area contributed by atoms with Crippen LogP contribution in [0, 0.1) is 5.41 Å². The van der Waals surface area contributed by atoms with Crippen LogP contribution in [0.2, 0.25) is 0 Å². The summed E-state index contributed by atoms with van der Waals surface area (Å²) in [7, 11) is 1.60. The van der Waals surface area contributed by atoms with Crippen LogP contribution >= 0.6 is 0 Å². The highest BCUT2D eigenvalue weighted by atomic mass is 16.5. The molecule has 2 N–H and O–H groups in total. The maximum atomic E-state index is 7.20. The summed E-state index contributed by atoms with van der Waals surface area (Å²) in [4.78, 5) is 0. The number of ether oxygens (including phenoxy) is 1. The molecule has 0 spiro atoms. The van der Waals surface area contributed by atoms with Crippen molar-refractivity contribution in [3.05, 3.63) is 0 Å². The Hall–Kier alpha value is -0.570. The number of rotatable bonds is 4. The topological polar surface area (TPSA) is 45.1 Å². The third kappa shape index (κ3) is 5.30. The van der Waals surface area contributed by atoms with Crippen LogP contribution < -0.4 is 5.32 Å². The van der Waals surface area contributed by atoms with Crippen molar-refractivity contribution in [2.75, 3.05) is 13.8 Å². The Morgan fingerprint density at radius 1 is 1.67 bits per heavy atom. The van der Waals surface area contributed by atoms with Crippen molar-refractivity contribution in [1.29, 1.82) is 5.41 Å². The van der Waals surface area contributed by atoms with E-state index in [-0.39, 0.29) is 0 Å². The smallest absolute Gasteiger partial charge is 0.116 e. The summed E-state index contributed by atoms with van der Waals surface area (Å²) in [6, 6.07) is 0. The van der Waals surface area contributed by atoms with E-state index < -0.39 is 0 Å². The van der Waals surface area contributed by atoms with Gasteiger partial charge in [0.05, 0.1) is 5.84 Å². The first-order valence-corrected chi connectivity index (χ1v) is 3.11. The van der Waals surface area contributed by atoms with Crippen LogP contribution in [0.3, 0.4) is 0 Å². The highest BCUT2D eigenvalue weighted by Gasteiger charge is 1.89. The largest absolute Gasteiger partial charge is 0.365 e. The summed E-state index contributed by atoms with van der Waals surface area (Å²) in [6.45, 7) is 2.49. The van der Waals surface area contributed by atoms with Crippen LogP contribution in [-0.2, 0) is 4.74 Å². The normalized spacial score (nSPS) is 9.11. The molecule has 0 atom stereocenters. The summed E-state index contributed by atoms with van der Waals surface area (Å²) in [6.07, 6.45) is 1.82. The van der Waals surface area contributed by atoms with Crippen molar-refractivity contribution in [1.82, 2.24) is 5.32 Å². The Morgan fingerprint density at radius 3 is 2.78 bits per heavy atom. The van der Waals surface area contributed by atoms with Crippen molar-refractivity contribution < 1.29 is 4.74 Å². The Morgan fingerprint density at radius 2 is 2.33 bits per heavy atom. The first-order valence-electron chi connectivity index (χ1n) is 3.11. The summed E-state index contributed by atoms with van der Waals surface area (Å²) >= 11 is 0. The third-order valence-corrected chi connectivity index (χ3v) is 0.930. The van der Waals surface area contributed by atoms with Gasteiger partial charge >= 0.3 is 0 Å². The van der Waals surface area contributed by atoms with Crippen molar-refractivity contribution in [3.8, 4) is 0 Å². The van der Waals surface area contributed by atoms with Crippen LogP contribution in [0.25, 0.3) is 0 Å². The van der Waals surface area contributed by atoms with E-state index in [1.165, 1.54) is 0 Å². The lowest BCUT2D eigenvalue weighted by atomic mass is 10.3. The molecule has 0 fully saturated rings. The van der Waals surface area contributed by atoms with E-state index >= 15 is 0 Å². The minimum atomic E-state index is 0.443. The molecule has 0 rings (SSSR count). The minimum absolute atomic E-state index is 0.443. The van der Waals surface area contributed by atoms with Gasteiger partial charge < -0.3 is 10.1 Å². The predicted molar refractivity (Wildman–Crippen MR) is 37.6 cm³/mol. The molecular weight excluding hydrogens is 116 g/mol. The van der Waals surface area contributed by atoms with E-state index in [2.05, 4.69) is 5.32 Å². The summed E-state index contributed by atoms with van der Waals surface area (Å²) in [5.41, 5.74) is 0. The second kappa shape index (κ2) is 5.56. The standard InChI is InChI=1S/C6H14N2O/c1-3-4-6(7)8-5-9-2/h3-5H2,1-2H3,(H2,7,8). The molecule has 9 heavy (non-hydrogen) atoms. The van der Waals surface area contributed by atoms with Gasteiger partial charge in [-0.15, -0.1) is 0 Å². The summed E-state index contributed by atoms with van der Waals surface area (Å²) in [5.74, 6) is 0.555. The Balaban J connectivity index is 3.06. The van der Waals surface area contributed by atoms with Gasteiger partial charge in [-0.2, -0.15) is 0 Å². The molecule has 0 saturated heterocycles. The number of hydrogen-bond acceptors (Lipinski definition) is 2. The lowest BCUT2D eigenvalue weighted by molar-refractivity contribution is 0.191. The molecule has 0 heterocycles. The fourth-order valence-corrected chi connectivity index (χ4v) is 0.498. The molecule has 0 saturated carbocycles. The third-order valence-electron chi connectivity index (χ3n) is 0.930. The quantitative estimate of drug-likeness (QED) is 0.338. The van der Waals surface area contributed by atoms with Crippen molar-refractivity contribution in [2.45, 2.75) is 19.8 Å². The first-order chi connectivity index (χ1) is 4.31. The monoisotopic (exact) mass is 130 g/mol. The van der Waals surface area contributed by atoms with Gasteiger partial charge in [0.2, 0.25) is 0 Å². The molecule has 0 aromatic rings. The first kappa shape index (κ1) is 8.43. The van der Waals surface area contributed by atoms with E-state index in [0.717, 1.165) is 12.8 Å². The molecule has 54 valence electrons. The van der Waals surface area contributed by atoms with Crippen LogP contribution in [0.5, 0.6) is 0 Å². The van der Waals surface area contributed by atoms with Crippen LogP contribution in [0.1, 0.15) is 19.8 Å². The molecule has 0 aliphatic heterocycles. The maximum absolute atomic E-state index is 7.20. The summed E-state index contributed by atoms with van der Waals surface area (Å²) in [5, 5.41) is 10.00. The molecule has 3 heteroatoms. The molecule has 0 bridgehead atoms. The van der Waals surface area contributed by atoms with Crippen molar-refractivity contribution in [3.63, 3.8) is 0 Å². The maximum Gasteiger partial charge on any atom is 0.116 e. The van der Waals surface area contributed by atoms with E-state index in [0.29, 0.717) is 12.6 Å². The lowest BCUT2D eigenvalue weighted by Gasteiger charge is -2.03. The Kier molecular flexibility index (Phi) is 5.21. The number of nitrogens with one attached hydrogen (secondary N) is 2. The molecule has 0 aliphatic carbocycles. The van der Waals surface area contributed by atoms with Gasteiger partial charge in [-0.3, -0.25) is 5.41 Å². The van der Waals surface area contributed by atoms with Gasteiger partial charge in [-0.1, -0.05) is 6.92 Å². The Labute approximate surface area is 55.9 Å². The molecule has 0 aromatic heterocycles. The second-order valence-corrected chi connectivity index (χ2v) is 1.84. The fraction of sp³-hybridized carbons (Fsp3) is 0.833. The highest BCUT2D eigenvalue weighted by molar-refractivity contribution is 5.78. The zero-order valence-corrected chi connectivity index (χ0v) is 6.03. The SMILES string of the molecule is CCCC(=N)NCOC. The zero-order valence-electron chi connectivity index (χ0n) is 6.03. The molecular formula is C6H14N2O. The van der Waals surface area contributed by atoms with E-state index in [9.17, 15) is 0 Å². The van der Waals surface area contributed by atoms with Gasteiger partial charge in [0.15, 0.2) is 0 Å². The zero-order chi connectivity index (χ0) is 7.11. The molecule has 3 nitrogen and oxygen atoms in total. The lowest BCUT2D eigenvalue weighted by Crippen LogP contribution is -2.23. The average molecular weight is 130 g/mol. The van der Waals surface area contributed by atoms with Crippen molar-refractivity contribution >= 4 is 5.84 Å². The number of amidine groups is 1. The van der Waals surface area contributed by atoms with Crippen molar-refractivity contribution in [2.24, 2.45) is 0 Å². The van der Waals surface area contributed by atoms with E-state index in [1.54, 1.807) is 7.11 Å². The van der Waals surface area contributed by atoms with E-state index in [4.69, 9.17) is 10.1 Å². The van der Waals surface area contributed by atoms with Gasteiger partial charge in [-0.25, -0.2) is 0 Å². The molecule has 0 aromatic carbocycles. The molecule has 0 aliphatic rings. The van der Waals surface area contributed by atoms with E-state index in [1.807, 2.05) is 6.92 Å². The predicted octanol–water partition coefficient (Wildman–Crippen LogP) is 0.957. The molecule has 0 unspecified atom stereocenters. The van der Waals surface area contributed by atoms with Crippen LogP contribution in [0.4, 0.5) is 0 Å². The van der Waals surface area contributed by atoms with Crippen LogP contribution in [-0.4, -0.2) is 19.7 Å². The molecule has 0 amide bonds. The molecule has 0 radical (unpaired) electrons. The Bertz CT molecular complexity index is 83.1. The average Bonchev–Trinajstić information content (AvgIpc) is 1.85.